The van der Waals surface area contributed by atoms with E-state index in [2.05, 4.69) is 0 Å². The maximum Gasteiger partial charge on any atom is 0.149 e. The lowest BCUT2D eigenvalue weighted by Gasteiger charge is -2.23. The van der Waals surface area contributed by atoms with Crippen LogP contribution in [0.25, 0.3) is 0 Å². The van der Waals surface area contributed by atoms with Crippen molar-refractivity contribution in [2.24, 2.45) is 5.73 Å². The van der Waals surface area contributed by atoms with Gasteiger partial charge in [0.2, 0.25) is 0 Å². The molecule has 0 bridgehead atoms. The molecule has 0 radical (unpaired) electrons. The number of nitrogens with two attached hydrogens (primary N) is 1. The minimum atomic E-state index is -1.55. The van der Waals surface area contributed by atoms with Crippen molar-refractivity contribution in [1.82, 2.24) is 0 Å². The van der Waals surface area contributed by atoms with E-state index < -0.39 is 5.67 Å². The largest absolute Gasteiger partial charge is 0.327 e. The smallest absolute Gasteiger partial charge is 0.149 e. The fourth-order valence-corrected chi connectivity index (χ4v) is 1.88. The normalized spacial score (nSPS) is 15.2. The summed E-state index contributed by atoms with van der Waals surface area (Å²) in [6.07, 6.45) is 0.296. The molecule has 78 valence electrons. The Balaban J connectivity index is 3.17. The summed E-state index contributed by atoms with van der Waals surface area (Å²) in [6.45, 7) is 1.66. The van der Waals surface area contributed by atoms with Crippen LogP contribution in [0.5, 0.6) is 0 Å². The van der Waals surface area contributed by atoms with Crippen LogP contribution in [0, 0.1) is 0 Å². The maximum atomic E-state index is 14.1. The molecule has 0 heterocycles. The Hall–Kier alpha value is -0.310. The van der Waals surface area contributed by atoms with Crippen LogP contribution in [0.3, 0.4) is 0 Å². The van der Waals surface area contributed by atoms with Gasteiger partial charge in [-0.1, -0.05) is 36.2 Å². The lowest BCUT2D eigenvalue weighted by atomic mass is 9.93. The third kappa shape index (κ3) is 2.19. The zero-order valence-electron chi connectivity index (χ0n) is 7.86. The van der Waals surface area contributed by atoms with E-state index in [1.54, 1.807) is 19.1 Å². The molecule has 0 saturated heterocycles. The van der Waals surface area contributed by atoms with Gasteiger partial charge in [-0.15, -0.1) is 0 Å². The van der Waals surface area contributed by atoms with Crippen molar-refractivity contribution in [1.29, 1.82) is 0 Å². The quantitative estimate of drug-likeness (QED) is 0.853. The molecule has 1 unspecified atom stereocenters. The molecule has 0 aliphatic rings. The first kappa shape index (κ1) is 11.8. The van der Waals surface area contributed by atoms with Gasteiger partial charge in [-0.05, 0) is 18.6 Å². The predicted octanol–water partition coefficient (Wildman–Crippen LogP) is 3.53. The van der Waals surface area contributed by atoms with Crippen LogP contribution in [0.1, 0.15) is 18.9 Å². The highest BCUT2D eigenvalue weighted by Gasteiger charge is 2.30. The van der Waals surface area contributed by atoms with Crippen molar-refractivity contribution >= 4 is 23.2 Å². The van der Waals surface area contributed by atoms with Crippen molar-refractivity contribution < 1.29 is 4.39 Å². The van der Waals surface area contributed by atoms with Crippen molar-refractivity contribution in [3.63, 3.8) is 0 Å². The van der Waals surface area contributed by atoms with Gasteiger partial charge in [-0.25, -0.2) is 4.39 Å². The second kappa shape index (κ2) is 4.47. The molecule has 0 aliphatic carbocycles. The molecule has 0 amide bonds. The lowest BCUT2D eigenvalue weighted by Crippen LogP contribution is -2.29. The molecule has 1 nitrogen and oxygen atoms in total. The van der Waals surface area contributed by atoms with Crippen LogP contribution in [0.15, 0.2) is 18.2 Å². The van der Waals surface area contributed by atoms with Crippen LogP contribution < -0.4 is 5.73 Å². The van der Waals surface area contributed by atoms with Gasteiger partial charge in [-0.2, -0.15) is 0 Å². The van der Waals surface area contributed by atoms with E-state index in [1.807, 2.05) is 0 Å². The highest BCUT2D eigenvalue weighted by atomic mass is 35.5. The molecule has 1 atom stereocenters. The molecule has 0 spiro atoms. The zero-order valence-corrected chi connectivity index (χ0v) is 9.37. The van der Waals surface area contributed by atoms with E-state index in [-0.39, 0.29) is 6.54 Å². The Kier molecular flexibility index (Phi) is 3.76. The van der Waals surface area contributed by atoms with E-state index >= 15 is 0 Å². The summed E-state index contributed by atoms with van der Waals surface area (Å²) >= 11 is 11.6. The average Bonchev–Trinajstić information content (AvgIpc) is 2.17. The van der Waals surface area contributed by atoms with E-state index in [9.17, 15) is 4.39 Å². The Bertz CT molecular complexity index is 324. The molecule has 0 fully saturated rings. The first-order chi connectivity index (χ1) is 6.53. The Morgan fingerprint density at radius 3 is 2.50 bits per heavy atom. The fraction of sp³-hybridized carbons (Fsp3) is 0.400. The van der Waals surface area contributed by atoms with Crippen molar-refractivity contribution in [2.45, 2.75) is 19.0 Å². The number of halogens is 3. The molecule has 0 aliphatic heterocycles. The molecule has 2 N–H and O–H groups in total. The molecule has 1 aromatic carbocycles. The Morgan fingerprint density at radius 2 is 2.07 bits per heavy atom. The molecule has 1 aromatic rings. The number of hydrogen-bond donors (Lipinski definition) is 1. The van der Waals surface area contributed by atoms with Gasteiger partial charge in [0.1, 0.15) is 5.67 Å². The van der Waals surface area contributed by atoms with E-state index in [4.69, 9.17) is 28.9 Å². The summed E-state index contributed by atoms with van der Waals surface area (Å²) in [5, 5.41) is 0.821. The SMILES string of the molecule is CCC(F)(CN)c1ccc(Cl)cc1Cl. The predicted molar refractivity (Wildman–Crippen MR) is 58.6 cm³/mol. The highest BCUT2D eigenvalue weighted by Crippen LogP contribution is 2.35. The Labute approximate surface area is 93.0 Å². The van der Waals surface area contributed by atoms with Gasteiger partial charge in [-0.3, -0.25) is 0 Å². The zero-order chi connectivity index (χ0) is 10.8. The Morgan fingerprint density at radius 1 is 1.43 bits per heavy atom. The molecule has 14 heavy (non-hydrogen) atoms. The topological polar surface area (TPSA) is 26.0 Å². The van der Waals surface area contributed by atoms with Crippen molar-refractivity contribution in [3.05, 3.63) is 33.8 Å². The monoisotopic (exact) mass is 235 g/mol. The number of rotatable bonds is 3. The van der Waals surface area contributed by atoms with Crippen LogP contribution in [-0.4, -0.2) is 6.54 Å². The summed E-state index contributed by atoms with van der Waals surface area (Å²) in [4.78, 5) is 0. The van der Waals surface area contributed by atoms with Crippen molar-refractivity contribution in [3.8, 4) is 0 Å². The van der Waals surface area contributed by atoms with Gasteiger partial charge in [0.25, 0.3) is 0 Å². The minimum absolute atomic E-state index is 0.0785. The molecular weight excluding hydrogens is 224 g/mol. The first-order valence-corrected chi connectivity index (χ1v) is 5.13. The van der Waals surface area contributed by atoms with E-state index in [0.29, 0.717) is 22.0 Å². The minimum Gasteiger partial charge on any atom is -0.327 e. The fourth-order valence-electron chi connectivity index (χ4n) is 1.30. The molecular formula is C10H12Cl2FN. The number of hydrogen-bond acceptors (Lipinski definition) is 1. The summed E-state index contributed by atoms with van der Waals surface area (Å²) in [5.41, 5.74) is 4.25. The van der Waals surface area contributed by atoms with E-state index in [1.165, 1.54) is 6.07 Å². The molecule has 0 aromatic heterocycles. The van der Waals surface area contributed by atoms with Crippen LogP contribution in [0.4, 0.5) is 4.39 Å². The average molecular weight is 236 g/mol. The molecule has 1 rings (SSSR count). The van der Waals surface area contributed by atoms with Gasteiger partial charge in [0.05, 0.1) is 0 Å². The van der Waals surface area contributed by atoms with Crippen LogP contribution >= 0.6 is 23.2 Å². The van der Waals surface area contributed by atoms with E-state index in [0.717, 1.165) is 0 Å². The van der Waals surface area contributed by atoms with Crippen LogP contribution in [0.2, 0.25) is 10.0 Å². The highest BCUT2D eigenvalue weighted by molar-refractivity contribution is 6.35. The lowest BCUT2D eigenvalue weighted by molar-refractivity contribution is 0.169. The van der Waals surface area contributed by atoms with Gasteiger partial charge >= 0.3 is 0 Å². The summed E-state index contributed by atoms with van der Waals surface area (Å²) in [5.74, 6) is 0. The number of alkyl halides is 1. The summed E-state index contributed by atoms with van der Waals surface area (Å²) in [7, 11) is 0. The molecule has 4 heteroatoms. The number of benzene rings is 1. The van der Waals surface area contributed by atoms with Gasteiger partial charge in [0, 0.05) is 22.2 Å². The second-order valence-electron chi connectivity index (χ2n) is 3.15. The third-order valence-electron chi connectivity index (χ3n) is 2.30. The first-order valence-electron chi connectivity index (χ1n) is 4.38. The standard InChI is InChI=1S/C10H12Cl2FN/c1-2-10(13,6-14)8-4-3-7(11)5-9(8)12/h3-5H,2,6,14H2,1H3. The van der Waals surface area contributed by atoms with Crippen LogP contribution in [-0.2, 0) is 5.67 Å². The van der Waals surface area contributed by atoms with Gasteiger partial charge in [0.15, 0.2) is 0 Å². The van der Waals surface area contributed by atoms with Crippen molar-refractivity contribution in [2.75, 3.05) is 6.54 Å². The van der Waals surface area contributed by atoms with Gasteiger partial charge < -0.3 is 5.73 Å². The third-order valence-corrected chi connectivity index (χ3v) is 2.85. The second-order valence-corrected chi connectivity index (χ2v) is 3.99. The maximum absolute atomic E-state index is 14.1. The molecule has 0 saturated carbocycles. The summed E-state index contributed by atoms with van der Waals surface area (Å²) < 4.78 is 14.1. The summed E-state index contributed by atoms with van der Waals surface area (Å²) in [6, 6.07) is 4.72.